The molecule has 0 heterocycles. The first kappa shape index (κ1) is 19.2. The summed E-state index contributed by atoms with van der Waals surface area (Å²) in [5.41, 5.74) is 1.63. The van der Waals surface area contributed by atoms with Crippen LogP contribution in [0.15, 0.2) is 42.5 Å². The van der Waals surface area contributed by atoms with Crippen LogP contribution in [0.4, 0.5) is 5.69 Å². The number of nitro benzene ring substituents is 1. The highest BCUT2D eigenvalue weighted by Gasteiger charge is 2.18. The van der Waals surface area contributed by atoms with Crippen LogP contribution in [0.1, 0.15) is 25.0 Å². The highest BCUT2D eigenvalue weighted by molar-refractivity contribution is 6.42. The minimum Gasteiger partial charge on any atom is -0.336 e. The Morgan fingerprint density at radius 3 is 2.20 bits per heavy atom. The first-order valence-corrected chi connectivity index (χ1v) is 8.50. The number of carbonyl (C=O) groups excluding carboxylic acids is 1. The van der Waals surface area contributed by atoms with E-state index in [1.165, 1.54) is 12.1 Å². The summed E-state index contributed by atoms with van der Waals surface area (Å²) in [5, 5.41) is 11.6. The van der Waals surface area contributed by atoms with Crippen LogP contribution in [0.5, 0.6) is 0 Å². The molecular formula is C18H18Cl2N2O3. The predicted octanol–water partition coefficient (Wildman–Crippen LogP) is 4.88. The topological polar surface area (TPSA) is 63.5 Å². The summed E-state index contributed by atoms with van der Waals surface area (Å²) in [6.07, 6.45) is 0.178. The van der Waals surface area contributed by atoms with Crippen LogP contribution in [-0.2, 0) is 17.8 Å². The number of hydrogen-bond acceptors (Lipinski definition) is 3. The molecule has 0 atom stereocenters. The van der Waals surface area contributed by atoms with Crippen molar-refractivity contribution >= 4 is 34.8 Å². The Bertz CT molecular complexity index is 776. The fraction of sp³-hybridized carbons (Fsp3) is 0.278. The molecular weight excluding hydrogens is 363 g/mol. The van der Waals surface area contributed by atoms with Crippen LogP contribution >= 0.6 is 23.2 Å². The van der Waals surface area contributed by atoms with Crippen molar-refractivity contribution in [3.8, 4) is 0 Å². The molecule has 0 unspecified atom stereocenters. The van der Waals surface area contributed by atoms with Crippen LogP contribution in [-0.4, -0.2) is 21.8 Å². The van der Waals surface area contributed by atoms with Gasteiger partial charge in [-0.25, -0.2) is 0 Å². The molecule has 2 rings (SSSR count). The highest BCUT2D eigenvalue weighted by atomic mass is 35.5. The summed E-state index contributed by atoms with van der Waals surface area (Å²) in [6.45, 7) is 4.29. The van der Waals surface area contributed by atoms with E-state index in [0.717, 1.165) is 11.1 Å². The maximum Gasteiger partial charge on any atom is 0.269 e. The van der Waals surface area contributed by atoms with E-state index in [-0.39, 0.29) is 24.1 Å². The minimum atomic E-state index is -0.462. The van der Waals surface area contributed by atoms with Gasteiger partial charge in [-0.05, 0) is 37.1 Å². The molecule has 0 bridgehead atoms. The summed E-state index contributed by atoms with van der Waals surface area (Å²) in [4.78, 5) is 24.6. The van der Waals surface area contributed by atoms with E-state index >= 15 is 0 Å². The lowest BCUT2D eigenvalue weighted by Crippen LogP contribution is -2.37. The Labute approximate surface area is 156 Å². The van der Waals surface area contributed by atoms with E-state index in [9.17, 15) is 14.9 Å². The second-order valence-electron chi connectivity index (χ2n) is 5.96. The van der Waals surface area contributed by atoms with Crippen molar-refractivity contribution in [2.24, 2.45) is 0 Å². The van der Waals surface area contributed by atoms with Crippen LogP contribution < -0.4 is 0 Å². The lowest BCUT2D eigenvalue weighted by atomic mass is 10.1. The zero-order chi connectivity index (χ0) is 18.6. The molecule has 25 heavy (non-hydrogen) atoms. The van der Waals surface area contributed by atoms with Crippen LogP contribution in [0.3, 0.4) is 0 Å². The molecule has 0 aliphatic heterocycles. The third-order valence-corrected chi connectivity index (χ3v) is 4.52. The summed E-state index contributed by atoms with van der Waals surface area (Å²) in [5.74, 6) is -0.0603. The number of benzene rings is 2. The first-order valence-electron chi connectivity index (χ1n) is 7.74. The zero-order valence-electron chi connectivity index (χ0n) is 13.9. The van der Waals surface area contributed by atoms with E-state index in [2.05, 4.69) is 0 Å². The Morgan fingerprint density at radius 1 is 1.08 bits per heavy atom. The lowest BCUT2D eigenvalue weighted by molar-refractivity contribution is -0.384. The fourth-order valence-electron chi connectivity index (χ4n) is 2.41. The van der Waals surface area contributed by atoms with E-state index in [4.69, 9.17) is 23.2 Å². The van der Waals surface area contributed by atoms with E-state index in [1.54, 1.807) is 29.2 Å². The highest BCUT2D eigenvalue weighted by Crippen LogP contribution is 2.24. The van der Waals surface area contributed by atoms with Crippen molar-refractivity contribution in [2.45, 2.75) is 32.9 Å². The maximum atomic E-state index is 12.7. The maximum absolute atomic E-state index is 12.7. The van der Waals surface area contributed by atoms with Gasteiger partial charge in [0.25, 0.3) is 5.69 Å². The molecule has 0 radical (unpaired) electrons. The first-order chi connectivity index (χ1) is 11.8. The van der Waals surface area contributed by atoms with Crippen molar-refractivity contribution in [3.05, 3.63) is 73.8 Å². The molecule has 0 aromatic heterocycles. The number of rotatable bonds is 6. The van der Waals surface area contributed by atoms with Gasteiger partial charge in [-0.2, -0.15) is 0 Å². The fourth-order valence-corrected chi connectivity index (χ4v) is 2.73. The van der Waals surface area contributed by atoms with Gasteiger partial charge >= 0.3 is 0 Å². The van der Waals surface area contributed by atoms with Crippen molar-refractivity contribution in [3.63, 3.8) is 0 Å². The van der Waals surface area contributed by atoms with Gasteiger partial charge < -0.3 is 4.90 Å². The Morgan fingerprint density at radius 2 is 1.68 bits per heavy atom. The van der Waals surface area contributed by atoms with Crippen molar-refractivity contribution < 1.29 is 9.72 Å². The number of nitrogens with zero attached hydrogens (tertiary/aromatic N) is 2. The van der Waals surface area contributed by atoms with Crippen LogP contribution in [0.2, 0.25) is 10.0 Å². The summed E-state index contributed by atoms with van der Waals surface area (Å²) in [6, 6.07) is 11.3. The molecule has 0 aliphatic rings. The third-order valence-electron chi connectivity index (χ3n) is 3.78. The average molecular weight is 381 g/mol. The summed E-state index contributed by atoms with van der Waals surface area (Å²) < 4.78 is 0. The Hall–Kier alpha value is -2.11. The third kappa shape index (κ3) is 5.18. The minimum absolute atomic E-state index is 0.00000178. The SMILES string of the molecule is CC(C)N(Cc1ccc(Cl)c(Cl)c1)C(=O)Cc1ccc([N+](=O)[O-])cc1. The van der Waals surface area contributed by atoms with Crippen molar-refractivity contribution in [1.82, 2.24) is 4.90 Å². The normalized spacial score (nSPS) is 10.8. The molecule has 2 aromatic rings. The van der Waals surface area contributed by atoms with E-state index in [0.29, 0.717) is 16.6 Å². The molecule has 132 valence electrons. The smallest absolute Gasteiger partial charge is 0.269 e. The van der Waals surface area contributed by atoms with Crippen LogP contribution in [0, 0.1) is 10.1 Å². The van der Waals surface area contributed by atoms with Gasteiger partial charge in [-0.15, -0.1) is 0 Å². The molecule has 0 fully saturated rings. The standard InChI is InChI=1S/C18H18Cl2N2O3/c1-12(2)21(11-14-5-8-16(19)17(20)9-14)18(23)10-13-3-6-15(7-4-13)22(24)25/h3-9,12H,10-11H2,1-2H3. The molecule has 7 heteroatoms. The van der Waals surface area contributed by atoms with Gasteiger partial charge in [0.2, 0.25) is 5.91 Å². The van der Waals surface area contributed by atoms with Gasteiger partial charge in [-0.3, -0.25) is 14.9 Å². The van der Waals surface area contributed by atoms with Crippen molar-refractivity contribution in [1.29, 1.82) is 0 Å². The second kappa shape index (κ2) is 8.32. The van der Waals surface area contributed by atoms with Gasteiger partial charge in [0.15, 0.2) is 0 Å². The number of hydrogen-bond donors (Lipinski definition) is 0. The lowest BCUT2D eigenvalue weighted by Gasteiger charge is -2.27. The van der Waals surface area contributed by atoms with E-state index in [1.807, 2.05) is 19.9 Å². The van der Waals surface area contributed by atoms with Crippen molar-refractivity contribution in [2.75, 3.05) is 0 Å². The Kier molecular flexibility index (Phi) is 6.39. The van der Waals surface area contributed by atoms with Gasteiger partial charge in [0, 0.05) is 24.7 Å². The molecule has 0 spiro atoms. The van der Waals surface area contributed by atoms with E-state index < -0.39 is 4.92 Å². The molecule has 0 aliphatic carbocycles. The van der Waals surface area contributed by atoms with Crippen LogP contribution in [0.25, 0.3) is 0 Å². The molecule has 0 saturated carbocycles. The largest absolute Gasteiger partial charge is 0.336 e. The monoisotopic (exact) mass is 380 g/mol. The molecule has 0 N–H and O–H groups in total. The Balaban J connectivity index is 2.11. The summed E-state index contributed by atoms with van der Waals surface area (Å²) in [7, 11) is 0. The average Bonchev–Trinajstić information content (AvgIpc) is 2.55. The second-order valence-corrected chi connectivity index (χ2v) is 6.78. The predicted molar refractivity (Wildman–Crippen MR) is 98.9 cm³/mol. The number of non-ortho nitro benzene ring substituents is 1. The molecule has 0 saturated heterocycles. The van der Waals surface area contributed by atoms with Gasteiger partial charge in [-0.1, -0.05) is 41.4 Å². The quantitative estimate of drug-likeness (QED) is 0.529. The number of nitro groups is 1. The van der Waals surface area contributed by atoms with Gasteiger partial charge in [0.05, 0.1) is 21.4 Å². The zero-order valence-corrected chi connectivity index (χ0v) is 15.4. The summed E-state index contributed by atoms with van der Waals surface area (Å²) >= 11 is 12.0. The molecule has 2 aromatic carbocycles. The number of halogens is 2. The van der Waals surface area contributed by atoms with Gasteiger partial charge in [0.1, 0.15) is 0 Å². The number of carbonyl (C=O) groups is 1. The molecule has 5 nitrogen and oxygen atoms in total. The molecule has 1 amide bonds. The number of amides is 1.